The Hall–Kier alpha value is -3.25. The Labute approximate surface area is 161 Å². The van der Waals surface area contributed by atoms with Crippen molar-refractivity contribution >= 4 is 34.6 Å². The summed E-state index contributed by atoms with van der Waals surface area (Å²) in [7, 11) is 0. The summed E-state index contributed by atoms with van der Waals surface area (Å²) in [6.45, 7) is 2.15. The number of pyridine rings is 1. The molecule has 0 saturated carbocycles. The molecule has 0 fully saturated rings. The number of amides is 1. The fraction of sp³-hybridized carbons (Fsp3) is 0.100. The Morgan fingerprint density at radius 2 is 1.89 bits per heavy atom. The number of hydrogen-bond donors (Lipinski definition) is 2. The Morgan fingerprint density at radius 3 is 2.74 bits per heavy atom. The standard InChI is InChI=1S/C20H16ClN3O3/c1-12-6-14(21)2-4-17(12)23-16-7-13(9-22-10-16)20(25)24-15-3-5-18-19(8-15)27-11-26-18/h2-10,23H,11H2,1H3,(H,24,25). The van der Waals surface area contributed by atoms with Gasteiger partial charge in [-0.3, -0.25) is 9.78 Å². The van der Waals surface area contributed by atoms with Gasteiger partial charge in [0.15, 0.2) is 11.5 Å². The summed E-state index contributed by atoms with van der Waals surface area (Å²) in [5.74, 6) is 1.01. The zero-order chi connectivity index (χ0) is 18.8. The van der Waals surface area contributed by atoms with E-state index in [1.54, 1.807) is 36.5 Å². The lowest BCUT2D eigenvalue weighted by Gasteiger charge is -2.11. The molecule has 2 aromatic carbocycles. The summed E-state index contributed by atoms with van der Waals surface area (Å²) in [6, 6.07) is 12.6. The summed E-state index contributed by atoms with van der Waals surface area (Å²) in [5.41, 5.74) is 3.66. The third-order valence-corrected chi connectivity index (χ3v) is 4.33. The Bertz CT molecular complexity index is 1020. The zero-order valence-corrected chi connectivity index (χ0v) is 15.2. The molecule has 136 valence electrons. The van der Waals surface area contributed by atoms with Gasteiger partial charge in [-0.2, -0.15) is 0 Å². The SMILES string of the molecule is Cc1cc(Cl)ccc1Nc1cncc(C(=O)Nc2ccc3c(c2)OCO3)c1. The Kier molecular flexibility index (Phi) is 4.56. The van der Waals surface area contributed by atoms with Crippen molar-refractivity contribution in [3.05, 3.63) is 71.0 Å². The first-order chi connectivity index (χ1) is 13.1. The first-order valence-corrected chi connectivity index (χ1v) is 8.65. The van der Waals surface area contributed by atoms with Crippen LogP contribution in [0.5, 0.6) is 11.5 Å². The molecule has 0 unspecified atom stereocenters. The predicted molar refractivity (Wildman–Crippen MR) is 104 cm³/mol. The molecular weight excluding hydrogens is 366 g/mol. The molecule has 0 aliphatic carbocycles. The van der Waals surface area contributed by atoms with Crippen LogP contribution in [0.1, 0.15) is 15.9 Å². The van der Waals surface area contributed by atoms with Crippen LogP contribution in [0.25, 0.3) is 0 Å². The quantitative estimate of drug-likeness (QED) is 0.681. The fourth-order valence-corrected chi connectivity index (χ4v) is 2.96. The van der Waals surface area contributed by atoms with Gasteiger partial charge < -0.3 is 20.1 Å². The summed E-state index contributed by atoms with van der Waals surface area (Å²) in [4.78, 5) is 16.7. The number of carbonyl (C=O) groups excluding carboxylic acids is 1. The van der Waals surface area contributed by atoms with E-state index in [2.05, 4.69) is 15.6 Å². The van der Waals surface area contributed by atoms with Crippen LogP contribution >= 0.6 is 11.6 Å². The third-order valence-electron chi connectivity index (χ3n) is 4.10. The highest BCUT2D eigenvalue weighted by molar-refractivity contribution is 6.30. The maximum Gasteiger partial charge on any atom is 0.257 e. The molecule has 1 amide bonds. The van der Waals surface area contributed by atoms with Crippen LogP contribution in [0.4, 0.5) is 17.1 Å². The van der Waals surface area contributed by atoms with Crippen LogP contribution in [0, 0.1) is 6.92 Å². The smallest absolute Gasteiger partial charge is 0.257 e. The zero-order valence-electron chi connectivity index (χ0n) is 14.5. The maximum atomic E-state index is 12.6. The predicted octanol–water partition coefficient (Wildman–Crippen LogP) is 4.77. The summed E-state index contributed by atoms with van der Waals surface area (Å²) in [5, 5.41) is 6.77. The number of rotatable bonds is 4. The first kappa shape index (κ1) is 17.2. The van der Waals surface area contributed by atoms with Crippen molar-refractivity contribution in [3.8, 4) is 11.5 Å². The van der Waals surface area contributed by atoms with Gasteiger partial charge in [0, 0.05) is 28.7 Å². The van der Waals surface area contributed by atoms with E-state index < -0.39 is 0 Å². The van der Waals surface area contributed by atoms with Crippen molar-refractivity contribution in [2.75, 3.05) is 17.4 Å². The second-order valence-electron chi connectivity index (χ2n) is 6.07. The van der Waals surface area contributed by atoms with Gasteiger partial charge in [-0.1, -0.05) is 11.6 Å². The number of carbonyl (C=O) groups is 1. The second-order valence-corrected chi connectivity index (χ2v) is 6.51. The van der Waals surface area contributed by atoms with Crippen molar-refractivity contribution in [2.45, 2.75) is 6.92 Å². The molecule has 0 atom stereocenters. The molecular formula is C20H16ClN3O3. The highest BCUT2D eigenvalue weighted by Crippen LogP contribution is 2.34. The largest absolute Gasteiger partial charge is 0.454 e. The molecule has 4 rings (SSSR count). The van der Waals surface area contributed by atoms with Crippen LogP contribution < -0.4 is 20.1 Å². The van der Waals surface area contributed by atoms with Gasteiger partial charge in [-0.25, -0.2) is 0 Å². The molecule has 0 spiro atoms. The number of ether oxygens (including phenoxy) is 2. The van der Waals surface area contributed by atoms with Gasteiger partial charge in [-0.15, -0.1) is 0 Å². The molecule has 3 aromatic rings. The maximum absolute atomic E-state index is 12.6. The normalized spacial score (nSPS) is 11.9. The van der Waals surface area contributed by atoms with Gasteiger partial charge in [0.25, 0.3) is 5.91 Å². The van der Waals surface area contributed by atoms with Crippen LogP contribution in [0.2, 0.25) is 5.02 Å². The highest BCUT2D eigenvalue weighted by atomic mass is 35.5. The molecule has 0 radical (unpaired) electrons. The van der Waals surface area contributed by atoms with E-state index in [1.165, 1.54) is 6.20 Å². The molecule has 7 heteroatoms. The van der Waals surface area contributed by atoms with Crippen molar-refractivity contribution < 1.29 is 14.3 Å². The fourth-order valence-electron chi connectivity index (χ4n) is 2.73. The van der Waals surface area contributed by atoms with Crippen LogP contribution in [-0.2, 0) is 0 Å². The molecule has 0 saturated heterocycles. The number of fused-ring (bicyclic) bond motifs is 1. The third kappa shape index (κ3) is 3.80. The Balaban J connectivity index is 1.50. The molecule has 2 N–H and O–H groups in total. The van der Waals surface area contributed by atoms with Gasteiger partial charge >= 0.3 is 0 Å². The minimum atomic E-state index is -0.266. The van der Waals surface area contributed by atoms with E-state index >= 15 is 0 Å². The Morgan fingerprint density at radius 1 is 1.04 bits per heavy atom. The van der Waals surface area contributed by atoms with Crippen molar-refractivity contribution in [2.24, 2.45) is 0 Å². The van der Waals surface area contributed by atoms with E-state index in [4.69, 9.17) is 21.1 Å². The van der Waals surface area contributed by atoms with Crippen LogP contribution in [-0.4, -0.2) is 17.7 Å². The van der Waals surface area contributed by atoms with Gasteiger partial charge in [0.05, 0.1) is 17.4 Å². The van der Waals surface area contributed by atoms with Crippen LogP contribution in [0.15, 0.2) is 54.9 Å². The molecule has 6 nitrogen and oxygen atoms in total. The molecule has 0 bridgehead atoms. The molecule has 1 aliphatic heterocycles. The van der Waals surface area contributed by atoms with E-state index in [9.17, 15) is 4.79 Å². The number of nitrogens with zero attached hydrogens (tertiary/aromatic N) is 1. The van der Waals surface area contributed by atoms with Crippen molar-refractivity contribution in [1.29, 1.82) is 0 Å². The lowest BCUT2D eigenvalue weighted by molar-refractivity contribution is 0.102. The first-order valence-electron chi connectivity index (χ1n) is 8.28. The molecule has 27 heavy (non-hydrogen) atoms. The van der Waals surface area contributed by atoms with Crippen molar-refractivity contribution in [1.82, 2.24) is 4.98 Å². The highest BCUT2D eigenvalue weighted by Gasteiger charge is 2.15. The lowest BCUT2D eigenvalue weighted by Crippen LogP contribution is -2.12. The number of hydrogen-bond acceptors (Lipinski definition) is 5. The summed E-state index contributed by atoms with van der Waals surface area (Å²) >= 11 is 5.99. The monoisotopic (exact) mass is 381 g/mol. The van der Waals surface area contributed by atoms with Gasteiger partial charge in [-0.05, 0) is 48.9 Å². The number of nitrogens with one attached hydrogen (secondary N) is 2. The van der Waals surface area contributed by atoms with E-state index in [1.807, 2.05) is 19.1 Å². The van der Waals surface area contributed by atoms with Crippen molar-refractivity contribution in [3.63, 3.8) is 0 Å². The topological polar surface area (TPSA) is 72.5 Å². The average molecular weight is 382 g/mol. The van der Waals surface area contributed by atoms with Gasteiger partial charge in [0.2, 0.25) is 6.79 Å². The summed E-state index contributed by atoms with van der Waals surface area (Å²) < 4.78 is 10.6. The van der Waals surface area contributed by atoms with Gasteiger partial charge in [0.1, 0.15) is 0 Å². The number of benzene rings is 2. The van der Waals surface area contributed by atoms with E-state index in [-0.39, 0.29) is 12.7 Å². The average Bonchev–Trinajstić information content (AvgIpc) is 3.12. The molecule has 2 heterocycles. The number of aromatic nitrogens is 1. The lowest BCUT2D eigenvalue weighted by atomic mass is 10.2. The molecule has 1 aliphatic rings. The number of aryl methyl sites for hydroxylation is 1. The van der Waals surface area contributed by atoms with E-state index in [0.717, 1.165) is 11.3 Å². The minimum Gasteiger partial charge on any atom is -0.454 e. The number of halogens is 1. The summed E-state index contributed by atoms with van der Waals surface area (Å²) in [6.07, 6.45) is 3.17. The number of anilines is 3. The molecule has 1 aromatic heterocycles. The van der Waals surface area contributed by atoms with E-state index in [0.29, 0.717) is 33.5 Å². The van der Waals surface area contributed by atoms with Crippen LogP contribution in [0.3, 0.4) is 0 Å². The minimum absolute atomic E-state index is 0.189. The second kappa shape index (κ2) is 7.17.